The van der Waals surface area contributed by atoms with Gasteiger partial charge in [-0.05, 0) is 0 Å². The Kier molecular flexibility index (Phi) is 11.9. The van der Waals surface area contributed by atoms with Crippen molar-refractivity contribution in [3.63, 3.8) is 0 Å². The van der Waals surface area contributed by atoms with Gasteiger partial charge in [-0.3, -0.25) is 0 Å². The summed E-state index contributed by atoms with van der Waals surface area (Å²) in [6, 6.07) is 20.0. The predicted octanol–water partition coefficient (Wildman–Crippen LogP) is 1.98. The molecule has 2 rings (SSSR count). The second-order valence-electron chi connectivity index (χ2n) is 1.92. The summed E-state index contributed by atoms with van der Waals surface area (Å²) in [6.45, 7) is 0. The van der Waals surface area contributed by atoms with Gasteiger partial charge in [-0.1, -0.05) is 0 Å². The van der Waals surface area contributed by atoms with Gasteiger partial charge in [0.05, 0.1) is 0 Å². The van der Waals surface area contributed by atoms with Crippen molar-refractivity contribution in [3.8, 4) is 0 Å². The minimum Gasteiger partial charge on any atom is -0.412 e. The van der Waals surface area contributed by atoms with E-state index in [2.05, 4.69) is 0 Å². The summed E-state index contributed by atoms with van der Waals surface area (Å²) in [5, 5.41) is 0. The minimum absolute atomic E-state index is 0. The molecule has 0 aliphatic rings. The van der Waals surface area contributed by atoms with E-state index in [4.69, 9.17) is 0 Å². The predicted molar refractivity (Wildman–Crippen MR) is 47.7 cm³/mol. The van der Waals surface area contributed by atoms with Crippen molar-refractivity contribution in [3.05, 3.63) is 60.7 Å². The van der Waals surface area contributed by atoms with E-state index in [1.165, 1.54) is 0 Å². The van der Waals surface area contributed by atoms with Gasteiger partial charge < -0.3 is 5.48 Å². The van der Waals surface area contributed by atoms with Gasteiger partial charge in [-0.2, -0.15) is 36.4 Å². The van der Waals surface area contributed by atoms with Crippen molar-refractivity contribution >= 4 is 0 Å². The maximum atomic E-state index is 2.00. The first-order valence-corrected chi connectivity index (χ1v) is 3.33. The molecule has 2 N–H and O–H groups in total. The quantitative estimate of drug-likeness (QED) is 0.658. The van der Waals surface area contributed by atoms with E-state index >= 15 is 0 Å². The number of rotatable bonds is 0. The van der Waals surface area contributed by atoms with Gasteiger partial charge in [-0.25, -0.2) is 24.3 Å². The fourth-order valence-electron chi connectivity index (χ4n) is 0.642. The Morgan fingerprint density at radius 2 is 0.833 bits per heavy atom. The van der Waals surface area contributed by atoms with Crippen molar-refractivity contribution < 1.29 is 25.3 Å². The Bertz CT molecular complexity index is 149. The Balaban J connectivity index is 0. The first-order chi connectivity index (χ1) is 5.00. The van der Waals surface area contributed by atoms with Gasteiger partial charge >= 0.3 is 19.8 Å². The molecule has 0 spiro atoms. The van der Waals surface area contributed by atoms with Crippen LogP contribution >= 0.6 is 0 Å². The van der Waals surface area contributed by atoms with Crippen LogP contribution < -0.4 is 0 Å². The minimum atomic E-state index is 0. The van der Waals surface area contributed by atoms with E-state index in [-0.39, 0.29) is 25.3 Å². The monoisotopic (exact) mass is 340 g/mol. The molecule has 12 heavy (non-hydrogen) atoms. The van der Waals surface area contributed by atoms with Crippen molar-refractivity contribution in [2.45, 2.75) is 0 Å². The topological polar surface area (TPSA) is 31.5 Å². The van der Waals surface area contributed by atoms with E-state index in [9.17, 15) is 0 Å². The van der Waals surface area contributed by atoms with Crippen LogP contribution in [0, 0.1) is 0 Å². The molecule has 0 unspecified atom stereocenters. The molecule has 2 aromatic carbocycles. The van der Waals surface area contributed by atoms with Gasteiger partial charge in [0, 0.05) is 0 Å². The van der Waals surface area contributed by atoms with Crippen molar-refractivity contribution in [2.24, 2.45) is 0 Å². The summed E-state index contributed by atoms with van der Waals surface area (Å²) in [5.41, 5.74) is 0. The molecule has 66 valence electrons. The fraction of sp³-hybridized carbons (Fsp3) is 0. The summed E-state index contributed by atoms with van der Waals surface area (Å²) in [7, 11) is 0. The zero-order valence-corrected chi connectivity index (χ0v) is 9.17. The van der Waals surface area contributed by atoms with Crippen molar-refractivity contribution in [1.82, 2.24) is 0 Å². The van der Waals surface area contributed by atoms with Crippen LogP contribution in [0.1, 0.15) is 0 Å². The molecular formula is C10H12OOs. The Hall–Kier alpha value is -0.704. The molecular weight excluding hydrogens is 326 g/mol. The molecule has 0 fully saturated rings. The van der Waals surface area contributed by atoms with Crippen LogP contribution in [0.4, 0.5) is 0 Å². The third kappa shape index (κ3) is 7.40. The van der Waals surface area contributed by atoms with Crippen molar-refractivity contribution in [1.29, 1.82) is 0 Å². The molecule has 0 radical (unpaired) electrons. The van der Waals surface area contributed by atoms with Crippen LogP contribution in [-0.4, -0.2) is 5.48 Å². The van der Waals surface area contributed by atoms with E-state index in [0.717, 1.165) is 0 Å². The Morgan fingerprint density at radius 3 is 0.917 bits per heavy atom. The molecule has 2 heteroatoms. The summed E-state index contributed by atoms with van der Waals surface area (Å²) in [4.78, 5) is 0. The van der Waals surface area contributed by atoms with Crippen molar-refractivity contribution in [2.75, 3.05) is 0 Å². The summed E-state index contributed by atoms with van der Waals surface area (Å²) in [6.07, 6.45) is 0. The van der Waals surface area contributed by atoms with Gasteiger partial charge in [0.1, 0.15) is 0 Å². The summed E-state index contributed by atoms with van der Waals surface area (Å²) >= 11 is 0. The molecule has 0 aromatic heterocycles. The third-order valence-electron chi connectivity index (χ3n) is 1.11. The van der Waals surface area contributed by atoms with E-state index in [1.807, 2.05) is 60.7 Å². The van der Waals surface area contributed by atoms with Gasteiger partial charge in [-0.15, -0.1) is 0 Å². The molecule has 0 aliphatic heterocycles. The normalized spacial score (nSPS) is 6.67. The smallest absolute Gasteiger partial charge is 0.412 e. The van der Waals surface area contributed by atoms with Gasteiger partial charge in [0.15, 0.2) is 0 Å². The molecule has 0 saturated carbocycles. The third-order valence-corrected chi connectivity index (χ3v) is 1.11. The molecule has 1 nitrogen and oxygen atoms in total. The fourth-order valence-corrected chi connectivity index (χ4v) is 0.642. The van der Waals surface area contributed by atoms with Crippen LogP contribution in [0.3, 0.4) is 0 Å². The average Bonchev–Trinajstić information content (AvgIpc) is 2.67. The largest absolute Gasteiger partial charge is 2.00 e. The molecule has 0 aliphatic carbocycles. The van der Waals surface area contributed by atoms with E-state index in [0.29, 0.717) is 0 Å². The second-order valence-corrected chi connectivity index (χ2v) is 1.92. The summed E-state index contributed by atoms with van der Waals surface area (Å²) < 4.78 is 0. The first-order valence-electron chi connectivity index (χ1n) is 3.33. The Labute approximate surface area is 86.1 Å². The average molecular weight is 338 g/mol. The second kappa shape index (κ2) is 10.3. The molecule has 0 bridgehead atoms. The Morgan fingerprint density at radius 1 is 0.583 bits per heavy atom. The van der Waals surface area contributed by atoms with Crippen LogP contribution in [0.15, 0.2) is 60.7 Å². The van der Waals surface area contributed by atoms with Crippen LogP contribution in [-0.2, 0) is 19.8 Å². The summed E-state index contributed by atoms with van der Waals surface area (Å²) in [5.74, 6) is 0. The van der Waals surface area contributed by atoms with Gasteiger partial charge in [0.2, 0.25) is 0 Å². The molecule has 0 atom stereocenters. The molecule has 2 aromatic rings. The number of hydrogen-bond acceptors (Lipinski definition) is 0. The SMILES string of the molecule is O.[Os+2].c1cc[cH-]c1.c1cc[cH-]c1. The standard InChI is InChI=1S/2C5H5.H2O.Os/c2*1-2-4-5-3-1;;/h2*1-5H;1H2;/q2*-1;;+2. The maximum Gasteiger partial charge on any atom is 2.00 e. The maximum absolute atomic E-state index is 2.00. The first kappa shape index (κ1) is 13.9. The van der Waals surface area contributed by atoms with Crippen LogP contribution in [0.2, 0.25) is 0 Å². The molecule has 0 saturated heterocycles. The van der Waals surface area contributed by atoms with Crippen LogP contribution in [0.5, 0.6) is 0 Å². The zero-order valence-electron chi connectivity index (χ0n) is 6.63. The van der Waals surface area contributed by atoms with Crippen LogP contribution in [0.25, 0.3) is 0 Å². The number of hydrogen-bond donors (Lipinski definition) is 0. The van der Waals surface area contributed by atoms with E-state index < -0.39 is 0 Å². The zero-order chi connectivity index (χ0) is 7.07. The molecule has 0 heterocycles. The van der Waals surface area contributed by atoms with Gasteiger partial charge in [0.25, 0.3) is 0 Å². The molecule has 0 amide bonds. The van der Waals surface area contributed by atoms with E-state index in [1.54, 1.807) is 0 Å².